The predicted octanol–water partition coefficient (Wildman–Crippen LogP) is 6.82. The van der Waals surface area contributed by atoms with Gasteiger partial charge in [0.25, 0.3) is 0 Å². The summed E-state index contributed by atoms with van der Waals surface area (Å²) in [5, 5.41) is 0. The molecule has 0 aromatic heterocycles. The first-order valence-corrected chi connectivity index (χ1v) is 13.2. The summed E-state index contributed by atoms with van der Waals surface area (Å²) in [6, 6.07) is 0. The molecule has 0 bridgehead atoms. The van der Waals surface area contributed by atoms with Crippen molar-refractivity contribution in [3.8, 4) is 0 Å². The number of hydrogen-bond donors (Lipinski definition) is 0. The van der Waals surface area contributed by atoms with Gasteiger partial charge in [0.1, 0.15) is 0 Å². The summed E-state index contributed by atoms with van der Waals surface area (Å²) in [6.45, 7) is 11.1. The van der Waals surface area contributed by atoms with Crippen LogP contribution in [-0.4, -0.2) is 18.5 Å². The normalized spacial score (nSPS) is 61.7. The minimum Gasteiger partial charge on any atom is -0.349 e. The van der Waals surface area contributed by atoms with Crippen molar-refractivity contribution < 1.29 is 9.47 Å². The molecule has 6 rings (SSSR count). The van der Waals surface area contributed by atoms with E-state index in [2.05, 4.69) is 27.7 Å². The number of fused-ring (bicyclic) bond motifs is 7. The molecule has 0 N–H and O–H groups in total. The van der Waals surface area contributed by atoms with Gasteiger partial charge in [-0.1, -0.05) is 40.5 Å². The molecule has 2 aliphatic heterocycles. The largest absolute Gasteiger partial charge is 0.349 e. The third-order valence-corrected chi connectivity index (χ3v) is 11.9. The summed E-state index contributed by atoms with van der Waals surface area (Å²) < 4.78 is 13.4. The Bertz CT molecular complexity index is 651. The van der Waals surface area contributed by atoms with Crippen molar-refractivity contribution in [3.63, 3.8) is 0 Å². The summed E-state index contributed by atoms with van der Waals surface area (Å²) in [7, 11) is 0. The molecule has 1 spiro atoms. The third-order valence-electron chi connectivity index (χ3n) is 11.9. The van der Waals surface area contributed by atoms with Crippen LogP contribution in [0.25, 0.3) is 0 Å². The van der Waals surface area contributed by atoms with Crippen LogP contribution in [0.3, 0.4) is 0 Å². The second-order valence-electron chi connectivity index (χ2n) is 12.9. The molecule has 2 saturated heterocycles. The molecule has 0 aromatic rings. The molecular formula is C27H44O2. The summed E-state index contributed by atoms with van der Waals surface area (Å²) in [5.74, 6) is 5.62. The van der Waals surface area contributed by atoms with Gasteiger partial charge in [0.15, 0.2) is 5.79 Å². The molecule has 6 fully saturated rings. The van der Waals surface area contributed by atoms with Crippen LogP contribution in [0.1, 0.15) is 98.3 Å². The minimum absolute atomic E-state index is 0.250. The van der Waals surface area contributed by atoms with E-state index < -0.39 is 0 Å². The van der Waals surface area contributed by atoms with Crippen molar-refractivity contribution in [3.05, 3.63) is 0 Å². The standard InChI is InChI=1S/C27H44O2/c1-17-10-14-27(28-16-17)18(2)24-23(29-27)15-22-20-9-8-19-7-5-6-12-25(19,3)21(20)11-13-26(22,24)4/h17-24H,5-16H2,1-4H3/t17?,18-,19-,20?,21?,22?,23-,24?,25-,26-,27+/m0/s1. The van der Waals surface area contributed by atoms with E-state index in [-0.39, 0.29) is 5.79 Å². The molecule has 2 heteroatoms. The Kier molecular flexibility index (Phi) is 4.37. The highest BCUT2D eigenvalue weighted by Crippen LogP contribution is 2.71. The van der Waals surface area contributed by atoms with Gasteiger partial charge in [-0.25, -0.2) is 0 Å². The smallest absolute Gasteiger partial charge is 0.171 e. The van der Waals surface area contributed by atoms with Gasteiger partial charge in [-0.05, 0) is 97.7 Å². The van der Waals surface area contributed by atoms with Crippen molar-refractivity contribution in [2.24, 2.45) is 52.3 Å². The molecule has 0 radical (unpaired) electrons. The van der Waals surface area contributed by atoms with Crippen molar-refractivity contribution >= 4 is 0 Å². The SMILES string of the molecule is CC1CC[C@@]2(OC1)O[C@H]1CC3C4CC[C@@H]5CCCC[C@]5(C)C4CC[C@]3(C)C1[C@@H]2C. The fraction of sp³-hybridized carbons (Fsp3) is 1.00. The highest BCUT2D eigenvalue weighted by Gasteiger charge is 2.68. The average Bonchev–Trinajstić information content (AvgIpc) is 3.15. The van der Waals surface area contributed by atoms with Gasteiger partial charge in [-0.2, -0.15) is 0 Å². The Morgan fingerprint density at radius 3 is 2.45 bits per heavy atom. The van der Waals surface area contributed by atoms with E-state index in [0.29, 0.717) is 28.8 Å². The third kappa shape index (κ3) is 2.54. The molecule has 2 heterocycles. The van der Waals surface area contributed by atoms with Crippen LogP contribution in [0.2, 0.25) is 0 Å². The topological polar surface area (TPSA) is 18.5 Å². The molecule has 4 aliphatic carbocycles. The van der Waals surface area contributed by atoms with Gasteiger partial charge in [-0.3, -0.25) is 0 Å². The highest BCUT2D eigenvalue weighted by molar-refractivity contribution is 5.15. The number of rotatable bonds is 0. The zero-order valence-electron chi connectivity index (χ0n) is 19.4. The summed E-state index contributed by atoms with van der Waals surface area (Å²) >= 11 is 0. The van der Waals surface area contributed by atoms with Crippen LogP contribution in [0.4, 0.5) is 0 Å². The second-order valence-corrected chi connectivity index (χ2v) is 12.9. The van der Waals surface area contributed by atoms with Crippen LogP contribution in [-0.2, 0) is 9.47 Å². The Morgan fingerprint density at radius 1 is 0.793 bits per heavy atom. The summed E-state index contributed by atoms with van der Waals surface area (Å²) in [6.07, 6.45) is 16.2. The lowest BCUT2D eigenvalue weighted by Crippen LogP contribution is -2.54. The molecule has 0 aromatic carbocycles. The van der Waals surface area contributed by atoms with E-state index >= 15 is 0 Å². The van der Waals surface area contributed by atoms with E-state index in [1.165, 1.54) is 64.2 Å². The van der Waals surface area contributed by atoms with E-state index in [1.54, 1.807) is 0 Å². The van der Waals surface area contributed by atoms with Crippen molar-refractivity contribution in [2.45, 2.75) is 110 Å². The molecule has 0 amide bonds. The minimum atomic E-state index is -0.250. The molecule has 5 unspecified atom stereocenters. The maximum Gasteiger partial charge on any atom is 0.171 e. The fourth-order valence-corrected chi connectivity index (χ4v) is 10.3. The zero-order valence-corrected chi connectivity index (χ0v) is 19.4. The van der Waals surface area contributed by atoms with Crippen LogP contribution in [0.15, 0.2) is 0 Å². The second kappa shape index (κ2) is 6.47. The first kappa shape index (κ1) is 19.6. The van der Waals surface area contributed by atoms with Crippen LogP contribution in [0, 0.1) is 52.3 Å². The van der Waals surface area contributed by atoms with Gasteiger partial charge in [0.05, 0.1) is 12.7 Å². The first-order chi connectivity index (χ1) is 13.9. The zero-order chi connectivity index (χ0) is 20.0. The maximum absolute atomic E-state index is 6.92. The van der Waals surface area contributed by atoms with Gasteiger partial charge < -0.3 is 9.47 Å². The van der Waals surface area contributed by atoms with Crippen LogP contribution in [0.5, 0.6) is 0 Å². The van der Waals surface area contributed by atoms with Gasteiger partial charge >= 0.3 is 0 Å². The lowest BCUT2D eigenvalue weighted by molar-refractivity contribution is -0.273. The molecule has 6 aliphatic rings. The van der Waals surface area contributed by atoms with Gasteiger partial charge in [0.2, 0.25) is 0 Å². The molecule has 11 atom stereocenters. The van der Waals surface area contributed by atoms with Gasteiger partial charge in [0, 0.05) is 12.3 Å². The maximum atomic E-state index is 6.92. The Balaban J connectivity index is 1.27. The monoisotopic (exact) mass is 400 g/mol. The van der Waals surface area contributed by atoms with Crippen molar-refractivity contribution in [1.29, 1.82) is 0 Å². The highest BCUT2D eigenvalue weighted by atomic mass is 16.7. The van der Waals surface area contributed by atoms with E-state index in [0.717, 1.165) is 42.6 Å². The summed E-state index contributed by atoms with van der Waals surface area (Å²) in [4.78, 5) is 0. The Hall–Kier alpha value is -0.0800. The number of hydrogen-bond acceptors (Lipinski definition) is 2. The molecule has 29 heavy (non-hydrogen) atoms. The average molecular weight is 401 g/mol. The Labute approximate surface area is 178 Å². The predicted molar refractivity (Wildman–Crippen MR) is 116 cm³/mol. The molecule has 2 nitrogen and oxygen atoms in total. The first-order valence-electron chi connectivity index (χ1n) is 13.2. The van der Waals surface area contributed by atoms with Crippen molar-refractivity contribution in [2.75, 3.05) is 6.61 Å². The van der Waals surface area contributed by atoms with E-state index in [1.807, 2.05) is 0 Å². The molecule has 4 saturated carbocycles. The lowest BCUT2D eigenvalue weighted by atomic mass is 9.44. The fourth-order valence-electron chi connectivity index (χ4n) is 10.3. The number of ether oxygens (including phenoxy) is 2. The lowest BCUT2D eigenvalue weighted by Gasteiger charge is -2.61. The molecular weight excluding hydrogens is 356 g/mol. The molecule has 164 valence electrons. The van der Waals surface area contributed by atoms with Gasteiger partial charge in [-0.15, -0.1) is 0 Å². The van der Waals surface area contributed by atoms with Crippen LogP contribution < -0.4 is 0 Å². The van der Waals surface area contributed by atoms with E-state index in [4.69, 9.17) is 9.47 Å². The Morgan fingerprint density at radius 2 is 1.66 bits per heavy atom. The van der Waals surface area contributed by atoms with Crippen molar-refractivity contribution in [1.82, 2.24) is 0 Å². The van der Waals surface area contributed by atoms with E-state index in [9.17, 15) is 0 Å². The summed E-state index contributed by atoms with van der Waals surface area (Å²) in [5.41, 5.74) is 1.13. The quantitative estimate of drug-likeness (QED) is 0.444. The van der Waals surface area contributed by atoms with Crippen LogP contribution >= 0.6 is 0 Å².